The first-order chi connectivity index (χ1) is 17.3. The van der Waals surface area contributed by atoms with Gasteiger partial charge in [0.2, 0.25) is 11.8 Å². The lowest BCUT2D eigenvalue weighted by Crippen LogP contribution is -2.53. The highest BCUT2D eigenvalue weighted by atomic mass is 79.9. The molecule has 3 fully saturated rings. The summed E-state index contributed by atoms with van der Waals surface area (Å²) in [5.74, 6) is -3.19. The van der Waals surface area contributed by atoms with Gasteiger partial charge in [0.15, 0.2) is 11.6 Å². The normalized spacial score (nSPS) is 22.2. The van der Waals surface area contributed by atoms with Crippen molar-refractivity contribution >= 4 is 39.1 Å². The number of benzene rings is 2. The Morgan fingerprint density at radius 3 is 2.14 bits per heavy atom. The van der Waals surface area contributed by atoms with Gasteiger partial charge in [0.05, 0.1) is 21.8 Å². The lowest BCUT2D eigenvalue weighted by molar-refractivity contribution is -0.134. The Hall–Kier alpha value is -2.59. The molecule has 3 heterocycles. The minimum atomic E-state index is -0.861. The zero-order chi connectivity index (χ0) is 25.4. The molecule has 3 saturated heterocycles. The number of rotatable bonds is 4. The number of hydrogen-bond acceptors (Lipinski definition) is 5. The Bertz CT molecular complexity index is 1160. The summed E-state index contributed by atoms with van der Waals surface area (Å²) in [5.41, 5.74) is 1.42. The van der Waals surface area contributed by atoms with Gasteiger partial charge in [0.25, 0.3) is 0 Å². The standard InChI is InChI=1S/C26H28BrF3N4O2/c27-19-3-5-22(25(30)24(19)29)34-13-11-32(12-14-34)17-7-9-33(10-8-17)21-4-1-16(15-20(21)28)18-2-6-23(35)31-26(18)36/h1,3-5,15,17-18H,2,6-14H2,(H,31,35,36). The van der Waals surface area contributed by atoms with Gasteiger partial charge in [-0.25, -0.2) is 13.2 Å². The lowest BCUT2D eigenvalue weighted by Gasteiger charge is -2.44. The highest BCUT2D eigenvalue weighted by Gasteiger charge is 2.31. The van der Waals surface area contributed by atoms with Gasteiger partial charge in [-0.3, -0.25) is 19.8 Å². The van der Waals surface area contributed by atoms with Crippen LogP contribution in [0.4, 0.5) is 24.5 Å². The van der Waals surface area contributed by atoms with E-state index in [9.17, 15) is 18.4 Å². The molecule has 3 aliphatic rings. The second kappa shape index (κ2) is 10.4. The summed E-state index contributed by atoms with van der Waals surface area (Å²) in [7, 11) is 0. The largest absolute Gasteiger partial charge is 0.369 e. The van der Waals surface area contributed by atoms with Gasteiger partial charge in [-0.15, -0.1) is 0 Å². The van der Waals surface area contributed by atoms with Gasteiger partial charge < -0.3 is 9.80 Å². The number of imide groups is 1. The molecular weight excluding hydrogens is 537 g/mol. The first kappa shape index (κ1) is 25.1. The average Bonchev–Trinajstić information content (AvgIpc) is 2.88. The van der Waals surface area contributed by atoms with Crippen LogP contribution >= 0.6 is 15.9 Å². The van der Waals surface area contributed by atoms with Gasteiger partial charge in [0.1, 0.15) is 5.82 Å². The Labute approximate surface area is 216 Å². The monoisotopic (exact) mass is 564 g/mol. The molecule has 2 aromatic rings. The highest BCUT2D eigenvalue weighted by Crippen LogP contribution is 2.32. The van der Waals surface area contributed by atoms with Crippen LogP contribution in [-0.4, -0.2) is 62.0 Å². The molecule has 0 spiro atoms. The van der Waals surface area contributed by atoms with Crippen molar-refractivity contribution in [3.63, 3.8) is 0 Å². The van der Waals surface area contributed by atoms with Gasteiger partial charge in [-0.05, 0) is 65.0 Å². The molecule has 3 aliphatic heterocycles. The number of anilines is 2. The highest BCUT2D eigenvalue weighted by molar-refractivity contribution is 9.10. The molecule has 1 unspecified atom stereocenters. The van der Waals surface area contributed by atoms with E-state index < -0.39 is 17.6 Å². The molecule has 5 rings (SSSR count). The van der Waals surface area contributed by atoms with E-state index >= 15 is 4.39 Å². The second-order valence-corrected chi connectivity index (χ2v) is 10.5. The molecule has 2 amide bonds. The van der Waals surface area contributed by atoms with Crippen molar-refractivity contribution in [2.45, 2.75) is 37.6 Å². The SMILES string of the molecule is O=C1CCC(c2ccc(N3CCC(N4CCN(c5ccc(Br)c(F)c5F)CC4)CC3)c(F)c2)C(=O)N1. The first-order valence-electron chi connectivity index (χ1n) is 12.3. The predicted octanol–water partition coefficient (Wildman–Crippen LogP) is 4.18. The maximum atomic E-state index is 15.0. The second-order valence-electron chi connectivity index (χ2n) is 9.65. The number of carbonyl (C=O) groups is 2. The van der Waals surface area contributed by atoms with Crippen molar-refractivity contribution in [2.24, 2.45) is 0 Å². The minimum Gasteiger partial charge on any atom is -0.369 e. The van der Waals surface area contributed by atoms with Crippen LogP contribution < -0.4 is 15.1 Å². The van der Waals surface area contributed by atoms with Crippen LogP contribution in [0.5, 0.6) is 0 Å². The molecule has 0 saturated carbocycles. The molecule has 2 aromatic carbocycles. The van der Waals surface area contributed by atoms with E-state index in [0.29, 0.717) is 55.6 Å². The van der Waals surface area contributed by atoms with E-state index in [2.05, 4.69) is 26.1 Å². The fourth-order valence-corrected chi connectivity index (χ4v) is 5.87. The summed E-state index contributed by atoms with van der Waals surface area (Å²) in [6, 6.07) is 8.45. The summed E-state index contributed by atoms with van der Waals surface area (Å²) < 4.78 is 43.5. The number of nitrogens with zero attached hydrogens (tertiary/aromatic N) is 3. The van der Waals surface area contributed by atoms with Crippen molar-refractivity contribution in [1.29, 1.82) is 0 Å². The molecular formula is C26H28BrF3N4O2. The zero-order valence-corrected chi connectivity index (χ0v) is 21.4. The number of nitrogens with one attached hydrogen (secondary N) is 1. The van der Waals surface area contributed by atoms with E-state index in [4.69, 9.17) is 0 Å². The third-order valence-electron chi connectivity index (χ3n) is 7.60. The minimum absolute atomic E-state index is 0.121. The van der Waals surface area contributed by atoms with Crippen LogP contribution in [-0.2, 0) is 9.59 Å². The molecule has 0 aromatic heterocycles. The van der Waals surface area contributed by atoms with Gasteiger partial charge in [-0.1, -0.05) is 6.07 Å². The summed E-state index contributed by atoms with van der Waals surface area (Å²) in [4.78, 5) is 29.8. The summed E-state index contributed by atoms with van der Waals surface area (Å²) in [5, 5.41) is 2.33. The molecule has 0 bridgehead atoms. The van der Waals surface area contributed by atoms with Crippen molar-refractivity contribution < 1.29 is 22.8 Å². The smallest absolute Gasteiger partial charge is 0.234 e. The quantitative estimate of drug-likeness (QED) is 0.446. The Morgan fingerprint density at radius 2 is 1.47 bits per heavy atom. The molecule has 0 aliphatic carbocycles. The average molecular weight is 565 g/mol. The van der Waals surface area contributed by atoms with Crippen LogP contribution in [0.25, 0.3) is 0 Å². The molecule has 0 radical (unpaired) electrons. The van der Waals surface area contributed by atoms with E-state index in [0.717, 1.165) is 25.9 Å². The van der Waals surface area contributed by atoms with Crippen LogP contribution in [0.1, 0.15) is 37.2 Å². The van der Waals surface area contributed by atoms with E-state index in [1.165, 1.54) is 12.1 Å². The number of piperazine rings is 1. The van der Waals surface area contributed by atoms with Crippen LogP contribution in [0.3, 0.4) is 0 Å². The fourth-order valence-electron chi connectivity index (χ4n) is 5.57. The maximum absolute atomic E-state index is 15.0. The maximum Gasteiger partial charge on any atom is 0.234 e. The fraction of sp³-hybridized carbons (Fsp3) is 0.462. The molecule has 10 heteroatoms. The topological polar surface area (TPSA) is 55.9 Å². The van der Waals surface area contributed by atoms with Crippen LogP contribution in [0.2, 0.25) is 0 Å². The third-order valence-corrected chi connectivity index (χ3v) is 8.22. The molecule has 36 heavy (non-hydrogen) atoms. The predicted molar refractivity (Wildman–Crippen MR) is 135 cm³/mol. The molecule has 1 N–H and O–H groups in total. The van der Waals surface area contributed by atoms with E-state index in [1.54, 1.807) is 18.2 Å². The molecule has 1 atom stereocenters. The Balaban J connectivity index is 1.16. The Morgan fingerprint density at radius 1 is 0.806 bits per heavy atom. The van der Waals surface area contributed by atoms with Gasteiger partial charge in [-0.2, -0.15) is 0 Å². The molecule has 6 nitrogen and oxygen atoms in total. The summed E-state index contributed by atoms with van der Waals surface area (Å²) in [6.07, 6.45) is 2.42. The third kappa shape index (κ3) is 4.98. The van der Waals surface area contributed by atoms with Crippen molar-refractivity contribution in [3.05, 3.63) is 57.8 Å². The van der Waals surface area contributed by atoms with Gasteiger partial charge in [0, 0.05) is 51.7 Å². The first-order valence-corrected chi connectivity index (χ1v) is 13.1. The summed E-state index contributed by atoms with van der Waals surface area (Å²) >= 11 is 3.02. The lowest BCUT2D eigenvalue weighted by atomic mass is 9.90. The van der Waals surface area contributed by atoms with Crippen LogP contribution in [0, 0.1) is 17.5 Å². The number of piperidine rings is 2. The van der Waals surface area contributed by atoms with E-state index in [-0.39, 0.29) is 28.5 Å². The Kier molecular flexibility index (Phi) is 7.25. The van der Waals surface area contributed by atoms with Gasteiger partial charge >= 0.3 is 0 Å². The number of hydrogen-bond donors (Lipinski definition) is 1. The van der Waals surface area contributed by atoms with Crippen LogP contribution in [0.15, 0.2) is 34.8 Å². The van der Waals surface area contributed by atoms with E-state index in [1.807, 2.05) is 9.80 Å². The van der Waals surface area contributed by atoms with Crippen molar-refractivity contribution in [2.75, 3.05) is 49.1 Å². The van der Waals surface area contributed by atoms with Crippen molar-refractivity contribution in [3.8, 4) is 0 Å². The van der Waals surface area contributed by atoms with Crippen molar-refractivity contribution in [1.82, 2.24) is 10.2 Å². The number of carbonyl (C=O) groups excluding carboxylic acids is 2. The molecule has 192 valence electrons. The summed E-state index contributed by atoms with van der Waals surface area (Å²) in [6.45, 7) is 4.19. The number of halogens is 4. The zero-order valence-electron chi connectivity index (χ0n) is 19.8. The number of amides is 2.